The summed E-state index contributed by atoms with van der Waals surface area (Å²) in [5, 5.41) is 11.7. The van der Waals surface area contributed by atoms with Gasteiger partial charge in [-0.15, -0.1) is 0 Å². The zero-order valence-corrected chi connectivity index (χ0v) is 10.8. The number of amides is 1. The predicted octanol–water partition coefficient (Wildman–Crippen LogP) is 2.27. The average molecular weight is 247 g/mol. The van der Waals surface area contributed by atoms with Crippen LogP contribution in [0.4, 0.5) is 5.69 Å². The third kappa shape index (κ3) is 2.37. The van der Waals surface area contributed by atoms with E-state index in [-0.39, 0.29) is 11.8 Å². The molecule has 0 aliphatic heterocycles. The fourth-order valence-electron chi connectivity index (χ4n) is 2.35. The Morgan fingerprint density at radius 3 is 2.17 bits per heavy atom. The number of carboxylic acids is 1. The minimum atomic E-state index is -0.882. The number of benzene rings is 1. The Labute approximate surface area is 106 Å². The van der Waals surface area contributed by atoms with Gasteiger partial charge in [-0.3, -0.25) is 9.59 Å². The van der Waals surface area contributed by atoms with Gasteiger partial charge in [0.15, 0.2) is 0 Å². The van der Waals surface area contributed by atoms with E-state index in [9.17, 15) is 9.59 Å². The molecule has 0 bridgehead atoms. The van der Waals surface area contributed by atoms with E-state index >= 15 is 0 Å². The summed E-state index contributed by atoms with van der Waals surface area (Å²) in [7, 11) is 0. The van der Waals surface area contributed by atoms with E-state index in [0.29, 0.717) is 6.42 Å². The lowest BCUT2D eigenvalue weighted by Gasteiger charge is -2.12. The average Bonchev–Trinajstić information content (AvgIpc) is 3.02. The Kier molecular flexibility index (Phi) is 3.11. The van der Waals surface area contributed by atoms with Crippen LogP contribution in [0.5, 0.6) is 0 Å². The number of rotatable bonds is 3. The number of hydrogen-bond acceptors (Lipinski definition) is 2. The first-order valence-electron chi connectivity index (χ1n) is 6.01. The number of carbonyl (C=O) groups excluding carboxylic acids is 1. The quantitative estimate of drug-likeness (QED) is 0.861. The lowest BCUT2D eigenvalue weighted by Crippen LogP contribution is -2.18. The molecular formula is C14H17NO3. The van der Waals surface area contributed by atoms with Crippen molar-refractivity contribution in [1.82, 2.24) is 0 Å². The highest BCUT2D eigenvalue weighted by Gasteiger charge is 2.48. The van der Waals surface area contributed by atoms with Crippen molar-refractivity contribution in [2.24, 2.45) is 11.8 Å². The van der Waals surface area contributed by atoms with Crippen molar-refractivity contribution in [3.63, 3.8) is 0 Å². The molecule has 2 unspecified atom stereocenters. The second kappa shape index (κ2) is 4.44. The summed E-state index contributed by atoms with van der Waals surface area (Å²) in [5.74, 6) is -1.94. The van der Waals surface area contributed by atoms with Crippen LogP contribution in [0.2, 0.25) is 0 Å². The first-order valence-corrected chi connectivity index (χ1v) is 6.01. The molecule has 1 aromatic rings. The fourth-order valence-corrected chi connectivity index (χ4v) is 2.35. The van der Waals surface area contributed by atoms with E-state index in [1.165, 1.54) is 0 Å². The lowest BCUT2D eigenvalue weighted by atomic mass is 10.0. The van der Waals surface area contributed by atoms with Crippen LogP contribution in [0.25, 0.3) is 0 Å². The Morgan fingerprint density at radius 1 is 1.17 bits per heavy atom. The standard InChI is InChI=1S/C14H17NO3/c1-7-4-8(2)12(9(3)5-7)15-13(16)10-6-11(10)14(17)18/h4-5,10-11H,6H2,1-3H3,(H,15,16)(H,17,18). The molecule has 4 nitrogen and oxygen atoms in total. The Balaban J connectivity index is 2.11. The summed E-state index contributed by atoms with van der Waals surface area (Å²) in [6.45, 7) is 5.89. The van der Waals surface area contributed by atoms with Gasteiger partial charge in [0.25, 0.3) is 0 Å². The summed E-state index contributed by atoms with van der Waals surface area (Å²) >= 11 is 0. The highest BCUT2D eigenvalue weighted by molar-refractivity contribution is 5.99. The molecule has 0 radical (unpaired) electrons. The number of anilines is 1. The van der Waals surface area contributed by atoms with Crippen LogP contribution in [0.1, 0.15) is 23.1 Å². The van der Waals surface area contributed by atoms with Gasteiger partial charge in [-0.05, 0) is 38.3 Å². The number of aryl methyl sites for hydroxylation is 3. The van der Waals surface area contributed by atoms with Gasteiger partial charge in [0.2, 0.25) is 5.91 Å². The summed E-state index contributed by atoms with van der Waals surface area (Å²) in [6.07, 6.45) is 0.450. The molecule has 1 fully saturated rings. The Hall–Kier alpha value is -1.84. The molecular weight excluding hydrogens is 230 g/mol. The Morgan fingerprint density at radius 2 is 1.72 bits per heavy atom. The Bertz CT molecular complexity index is 499. The molecule has 0 spiro atoms. The maximum Gasteiger partial charge on any atom is 0.307 e. The van der Waals surface area contributed by atoms with E-state index in [4.69, 9.17) is 5.11 Å². The minimum Gasteiger partial charge on any atom is -0.481 e. The number of carbonyl (C=O) groups is 2. The lowest BCUT2D eigenvalue weighted by molar-refractivity contribution is -0.139. The van der Waals surface area contributed by atoms with Gasteiger partial charge < -0.3 is 10.4 Å². The van der Waals surface area contributed by atoms with Crippen molar-refractivity contribution in [1.29, 1.82) is 0 Å². The summed E-state index contributed by atoms with van der Waals surface area (Å²) in [6, 6.07) is 4.01. The van der Waals surface area contributed by atoms with Crippen molar-refractivity contribution in [3.8, 4) is 0 Å². The van der Waals surface area contributed by atoms with E-state index in [1.54, 1.807) is 0 Å². The van der Waals surface area contributed by atoms with Crippen LogP contribution in [0, 0.1) is 32.6 Å². The number of aliphatic carboxylic acids is 1. The summed E-state index contributed by atoms with van der Waals surface area (Å²) in [4.78, 5) is 22.6. The highest BCUT2D eigenvalue weighted by atomic mass is 16.4. The third-order valence-corrected chi connectivity index (χ3v) is 3.37. The van der Waals surface area contributed by atoms with E-state index in [1.807, 2.05) is 32.9 Å². The van der Waals surface area contributed by atoms with Crippen LogP contribution >= 0.6 is 0 Å². The summed E-state index contributed by atoms with van der Waals surface area (Å²) in [5.41, 5.74) is 3.97. The molecule has 2 N–H and O–H groups in total. The molecule has 2 atom stereocenters. The molecule has 1 saturated carbocycles. The first kappa shape index (κ1) is 12.6. The molecule has 0 saturated heterocycles. The van der Waals surface area contributed by atoms with Crippen molar-refractivity contribution >= 4 is 17.6 Å². The van der Waals surface area contributed by atoms with Crippen LogP contribution in [-0.2, 0) is 9.59 Å². The molecule has 0 heterocycles. The molecule has 0 aromatic heterocycles. The molecule has 1 aromatic carbocycles. The zero-order chi connectivity index (χ0) is 13.4. The predicted molar refractivity (Wildman–Crippen MR) is 68.5 cm³/mol. The van der Waals surface area contributed by atoms with Crippen molar-refractivity contribution < 1.29 is 14.7 Å². The van der Waals surface area contributed by atoms with Crippen LogP contribution in [0.3, 0.4) is 0 Å². The van der Waals surface area contributed by atoms with Crippen LogP contribution in [-0.4, -0.2) is 17.0 Å². The molecule has 1 aliphatic rings. The second-order valence-electron chi connectivity index (χ2n) is 5.05. The number of hydrogen-bond donors (Lipinski definition) is 2. The monoisotopic (exact) mass is 247 g/mol. The van der Waals surface area contributed by atoms with Gasteiger partial charge in [-0.25, -0.2) is 0 Å². The molecule has 18 heavy (non-hydrogen) atoms. The maximum atomic E-state index is 11.9. The largest absolute Gasteiger partial charge is 0.481 e. The normalized spacial score (nSPS) is 21.5. The maximum absolute atomic E-state index is 11.9. The van der Waals surface area contributed by atoms with Crippen molar-refractivity contribution in [2.75, 3.05) is 5.32 Å². The van der Waals surface area contributed by atoms with Crippen molar-refractivity contribution in [2.45, 2.75) is 27.2 Å². The third-order valence-electron chi connectivity index (χ3n) is 3.37. The SMILES string of the molecule is Cc1cc(C)c(NC(=O)C2CC2C(=O)O)c(C)c1. The van der Waals surface area contributed by atoms with Gasteiger partial charge in [-0.2, -0.15) is 0 Å². The van der Waals surface area contributed by atoms with Gasteiger partial charge in [-0.1, -0.05) is 17.7 Å². The smallest absolute Gasteiger partial charge is 0.307 e. The fraction of sp³-hybridized carbons (Fsp3) is 0.429. The topological polar surface area (TPSA) is 66.4 Å². The molecule has 4 heteroatoms. The van der Waals surface area contributed by atoms with Gasteiger partial charge in [0, 0.05) is 5.69 Å². The number of nitrogens with one attached hydrogen (secondary N) is 1. The number of carboxylic acid groups (broad SMARTS) is 1. The van der Waals surface area contributed by atoms with E-state index in [0.717, 1.165) is 22.4 Å². The summed E-state index contributed by atoms with van der Waals surface area (Å²) < 4.78 is 0. The molecule has 1 amide bonds. The minimum absolute atomic E-state index is 0.183. The van der Waals surface area contributed by atoms with Crippen LogP contribution < -0.4 is 5.32 Å². The second-order valence-corrected chi connectivity index (χ2v) is 5.05. The molecule has 1 aliphatic carbocycles. The van der Waals surface area contributed by atoms with Crippen LogP contribution in [0.15, 0.2) is 12.1 Å². The van der Waals surface area contributed by atoms with Gasteiger partial charge in [0.1, 0.15) is 0 Å². The molecule has 2 rings (SSSR count). The van der Waals surface area contributed by atoms with Crippen molar-refractivity contribution in [3.05, 3.63) is 28.8 Å². The highest BCUT2D eigenvalue weighted by Crippen LogP contribution is 2.39. The zero-order valence-electron chi connectivity index (χ0n) is 10.8. The molecule has 96 valence electrons. The van der Waals surface area contributed by atoms with E-state index < -0.39 is 11.9 Å². The van der Waals surface area contributed by atoms with E-state index in [2.05, 4.69) is 5.32 Å². The van der Waals surface area contributed by atoms with Gasteiger partial charge in [0.05, 0.1) is 11.8 Å². The van der Waals surface area contributed by atoms with Gasteiger partial charge >= 0.3 is 5.97 Å². The first-order chi connectivity index (χ1) is 8.40.